The zero-order chi connectivity index (χ0) is 30.1. The highest BCUT2D eigenvalue weighted by Crippen LogP contribution is 2.37. The topological polar surface area (TPSA) is 169 Å². The molecule has 0 spiro atoms. The van der Waals surface area contributed by atoms with Gasteiger partial charge in [-0.25, -0.2) is 13.4 Å². The number of aromatic amines is 1. The van der Waals surface area contributed by atoms with Gasteiger partial charge < -0.3 is 19.2 Å². The summed E-state index contributed by atoms with van der Waals surface area (Å²) in [4.78, 5) is 32.9. The molecule has 1 aliphatic rings. The highest BCUT2D eigenvalue weighted by atomic mass is 32.2. The summed E-state index contributed by atoms with van der Waals surface area (Å²) in [5.41, 5.74) is 3.03. The summed E-state index contributed by atoms with van der Waals surface area (Å²) < 4.78 is 38.8. The Hall–Kier alpha value is -3.92. The number of carbonyl (C=O) groups is 1. The minimum absolute atomic E-state index is 0.0250. The van der Waals surface area contributed by atoms with Crippen LogP contribution in [-0.4, -0.2) is 76.6 Å². The zero-order valence-electron chi connectivity index (χ0n) is 23.0. The van der Waals surface area contributed by atoms with E-state index in [1.807, 2.05) is 42.5 Å². The predicted molar refractivity (Wildman–Crippen MR) is 161 cm³/mol. The molecule has 15 heteroatoms. The smallest absolute Gasteiger partial charge is 0.307 e. The van der Waals surface area contributed by atoms with Crippen LogP contribution < -0.4 is 4.87 Å². The monoisotopic (exact) mass is 641 g/mol. The fraction of sp³-hybridized carbons (Fsp3) is 0.321. The van der Waals surface area contributed by atoms with Crippen molar-refractivity contribution >= 4 is 48.6 Å². The van der Waals surface area contributed by atoms with E-state index in [9.17, 15) is 23.1 Å². The first kappa shape index (κ1) is 29.2. The lowest BCUT2D eigenvalue weighted by molar-refractivity contribution is 0.0303. The van der Waals surface area contributed by atoms with Crippen molar-refractivity contribution in [2.24, 2.45) is 0 Å². The van der Waals surface area contributed by atoms with E-state index in [0.717, 1.165) is 27.2 Å². The van der Waals surface area contributed by atoms with Crippen molar-refractivity contribution in [1.29, 1.82) is 0 Å². The number of fused-ring (bicyclic) bond motifs is 1. The third-order valence-corrected chi connectivity index (χ3v) is 11.2. The van der Waals surface area contributed by atoms with Gasteiger partial charge >= 0.3 is 4.87 Å². The molecule has 1 aliphatic heterocycles. The van der Waals surface area contributed by atoms with E-state index < -0.39 is 20.0 Å². The molecule has 5 aromatic rings. The van der Waals surface area contributed by atoms with Crippen LogP contribution in [0, 0.1) is 0 Å². The van der Waals surface area contributed by atoms with Crippen LogP contribution in [-0.2, 0) is 21.0 Å². The molecule has 1 atom stereocenters. The van der Waals surface area contributed by atoms with Crippen molar-refractivity contribution in [3.05, 3.63) is 79.4 Å². The van der Waals surface area contributed by atoms with E-state index in [-0.39, 0.29) is 35.7 Å². The van der Waals surface area contributed by atoms with Crippen LogP contribution in [0.3, 0.4) is 0 Å². The number of nitrogens with zero attached hydrogens (tertiary/aromatic N) is 4. The molecule has 12 nitrogen and oxygen atoms in total. The second-order valence-electron chi connectivity index (χ2n) is 9.96. The van der Waals surface area contributed by atoms with E-state index >= 15 is 0 Å². The lowest BCUT2D eigenvalue weighted by atomic mass is 10.0. The Morgan fingerprint density at radius 2 is 1.84 bits per heavy atom. The lowest BCUT2D eigenvalue weighted by Crippen LogP contribution is -2.40. The van der Waals surface area contributed by atoms with Crippen LogP contribution in [0.25, 0.3) is 21.3 Å². The average molecular weight is 642 g/mol. The van der Waals surface area contributed by atoms with E-state index in [1.165, 1.54) is 11.3 Å². The molecule has 1 fully saturated rings. The first-order chi connectivity index (χ1) is 20.7. The van der Waals surface area contributed by atoms with Crippen LogP contribution in [0.15, 0.2) is 51.7 Å². The summed E-state index contributed by atoms with van der Waals surface area (Å²) >= 11 is 2.04. The molecule has 1 saturated heterocycles. The maximum atomic E-state index is 13.4. The summed E-state index contributed by atoms with van der Waals surface area (Å²) in [5, 5.41) is 17.0. The van der Waals surface area contributed by atoms with Crippen molar-refractivity contribution in [2.75, 3.05) is 32.1 Å². The van der Waals surface area contributed by atoms with Gasteiger partial charge in [-0.2, -0.15) is 0 Å². The molecule has 0 radical (unpaired) electrons. The number of thiazole rings is 2. The molecule has 3 aromatic heterocycles. The Morgan fingerprint density at radius 1 is 1.09 bits per heavy atom. The average Bonchev–Trinajstić information content (AvgIpc) is 3.71. The number of hydrogen-bond donors (Lipinski definition) is 2. The van der Waals surface area contributed by atoms with Crippen LogP contribution in [0.2, 0.25) is 0 Å². The normalized spacial score (nSPS) is 14.8. The number of hydrogen-bond acceptors (Lipinski definition) is 12. The molecule has 1 unspecified atom stereocenters. The molecule has 2 N–H and O–H groups in total. The number of rotatable bonds is 9. The Labute approximate surface area is 253 Å². The van der Waals surface area contributed by atoms with Crippen molar-refractivity contribution in [3.63, 3.8) is 0 Å². The summed E-state index contributed by atoms with van der Waals surface area (Å²) in [6.45, 7) is 4.00. The molecule has 43 heavy (non-hydrogen) atoms. The molecule has 0 bridgehead atoms. The molecule has 0 saturated carbocycles. The molecule has 224 valence electrons. The van der Waals surface area contributed by atoms with Crippen LogP contribution >= 0.6 is 22.7 Å². The Morgan fingerprint density at radius 3 is 2.53 bits per heavy atom. The molecule has 1 amide bonds. The second-order valence-corrected chi connectivity index (χ2v) is 14.3. The third-order valence-electron chi connectivity index (χ3n) is 6.96. The Kier molecular flexibility index (Phi) is 8.13. The molecule has 0 aliphatic carbocycles. The number of benzene rings is 2. The molecule has 2 aromatic carbocycles. The van der Waals surface area contributed by atoms with Gasteiger partial charge in [-0.05, 0) is 41.8 Å². The SMILES string of the molecule is CCCS(=O)(=O)C(c1nnc(Cc2sc(=O)[nH]c2O)o1)c1nc2ccc(-c3ccc(C(=O)N4CCOCC4)cc3)cc2s1. The largest absolute Gasteiger partial charge is 0.494 e. The maximum absolute atomic E-state index is 13.4. The van der Waals surface area contributed by atoms with Gasteiger partial charge in [-0.3, -0.25) is 14.6 Å². The van der Waals surface area contributed by atoms with Gasteiger partial charge in [0.2, 0.25) is 17.7 Å². The fourth-order valence-corrected chi connectivity index (χ4v) is 8.70. The Bertz CT molecular complexity index is 1940. The standard InChI is InChI=1S/C28H27N5O7S3/c1-2-13-43(37,38)23(25-32-31-22(40-25)15-21-24(34)30-28(36)42-21)26-29-19-8-7-18(14-20(19)41-26)16-3-5-17(6-4-16)27(35)33-9-11-39-12-10-33/h3-8,14,23,34H,2,9-13,15H2,1H3,(H,30,36). The van der Waals surface area contributed by atoms with Crippen LogP contribution in [0.4, 0.5) is 0 Å². The summed E-state index contributed by atoms with van der Waals surface area (Å²) in [6.07, 6.45) is 0.368. The summed E-state index contributed by atoms with van der Waals surface area (Å²) in [5.74, 6) is -0.472. The van der Waals surface area contributed by atoms with E-state index in [2.05, 4.69) is 20.2 Å². The van der Waals surface area contributed by atoms with Crippen molar-refractivity contribution in [3.8, 4) is 17.0 Å². The Balaban J connectivity index is 1.29. The molecular formula is C28H27N5O7S3. The summed E-state index contributed by atoms with van der Waals surface area (Å²) in [6, 6.07) is 13.1. The number of sulfone groups is 1. The van der Waals surface area contributed by atoms with Gasteiger partial charge in [-0.15, -0.1) is 21.5 Å². The number of nitrogens with one attached hydrogen (secondary N) is 1. The first-order valence-corrected chi connectivity index (χ1v) is 16.9. The second kappa shape index (κ2) is 12.0. The van der Waals surface area contributed by atoms with Gasteiger partial charge in [-0.1, -0.05) is 36.5 Å². The van der Waals surface area contributed by atoms with E-state index in [4.69, 9.17) is 9.15 Å². The predicted octanol–water partition coefficient (Wildman–Crippen LogP) is 3.78. The number of carbonyl (C=O) groups excluding carboxylic acids is 1. The minimum Gasteiger partial charge on any atom is -0.494 e. The third kappa shape index (κ3) is 6.11. The number of H-pyrrole nitrogens is 1. The van der Waals surface area contributed by atoms with Crippen LogP contribution in [0.1, 0.15) is 50.6 Å². The van der Waals surface area contributed by atoms with Crippen LogP contribution in [0.5, 0.6) is 5.88 Å². The van der Waals surface area contributed by atoms with Gasteiger partial charge in [0, 0.05) is 18.7 Å². The van der Waals surface area contributed by atoms with E-state index in [1.54, 1.807) is 11.8 Å². The van der Waals surface area contributed by atoms with Gasteiger partial charge in [0.05, 0.1) is 40.5 Å². The lowest BCUT2D eigenvalue weighted by Gasteiger charge is -2.26. The minimum atomic E-state index is -3.77. The van der Waals surface area contributed by atoms with Crippen molar-refractivity contribution in [1.82, 2.24) is 25.1 Å². The number of morpholine rings is 1. The van der Waals surface area contributed by atoms with Crippen molar-refractivity contribution < 1.29 is 27.5 Å². The zero-order valence-corrected chi connectivity index (χ0v) is 25.4. The van der Waals surface area contributed by atoms with Gasteiger partial charge in [0.15, 0.2) is 15.1 Å². The molecular weight excluding hydrogens is 615 g/mol. The molecule has 6 rings (SSSR count). The van der Waals surface area contributed by atoms with Crippen molar-refractivity contribution in [2.45, 2.75) is 25.0 Å². The number of aromatic hydroxyl groups is 1. The fourth-order valence-electron chi connectivity index (χ4n) is 4.86. The first-order valence-electron chi connectivity index (χ1n) is 13.5. The molecule has 4 heterocycles. The maximum Gasteiger partial charge on any atom is 0.307 e. The number of aromatic nitrogens is 4. The number of amides is 1. The van der Waals surface area contributed by atoms with Gasteiger partial charge in [0.1, 0.15) is 5.01 Å². The number of ether oxygens (including phenoxy) is 1. The van der Waals surface area contributed by atoms with E-state index in [0.29, 0.717) is 53.7 Å². The summed E-state index contributed by atoms with van der Waals surface area (Å²) in [7, 11) is -3.77. The van der Waals surface area contributed by atoms with Gasteiger partial charge in [0.25, 0.3) is 5.91 Å². The highest BCUT2D eigenvalue weighted by molar-refractivity contribution is 7.91. The highest BCUT2D eigenvalue weighted by Gasteiger charge is 2.36. The quantitative estimate of drug-likeness (QED) is 0.242.